The molecule has 1 aromatic rings. The zero-order valence-corrected chi connectivity index (χ0v) is 12.0. The minimum atomic E-state index is -0.571. The second kappa shape index (κ2) is 6.84. The second-order valence-electron chi connectivity index (χ2n) is 4.59. The van der Waals surface area contributed by atoms with Crippen LogP contribution in [0.4, 0.5) is 4.39 Å². The third-order valence-corrected chi connectivity index (χ3v) is 3.47. The molecule has 0 spiro atoms. The van der Waals surface area contributed by atoms with Crippen LogP contribution in [0, 0.1) is 5.82 Å². The number of halogens is 1. The van der Waals surface area contributed by atoms with Crippen LogP contribution in [0.25, 0.3) is 0 Å². The molecule has 4 nitrogen and oxygen atoms in total. The van der Waals surface area contributed by atoms with E-state index < -0.39 is 11.6 Å². The van der Waals surface area contributed by atoms with Crippen molar-refractivity contribution in [2.24, 2.45) is 5.84 Å². The van der Waals surface area contributed by atoms with Crippen molar-refractivity contribution in [2.45, 2.75) is 38.8 Å². The fraction of sp³-hybridized carbons (Fsp3) is 0.571. The van der Waals surface area contributed by atoms with Crippen molar-refractivity contribution in [3.05, 3.63) is 29.6 Å². The quantitative estimate of drug-likeness (QED) is 0.590. The number of methoxy groups -OCH3 is 1. The van der Waals surface area contributed by atoms with E-state index >= 15 is 0 Å². The molecule has 0 heterocycles. The number of nitrogens with one attached hydrogen (secondary N) is 1. The number of hydrazine groups is 1. The average Bonchev–Trinajstić information content (AvgIpc) is 2.41. The smallest absolute Gasteiger partial charge is 0.131 e. The molecule has 3 N–H and O–H groups in total. The molecule has 0 radical (unpaired) electrons. The van der Waals surface area contributed by atoms with E-state index in [0.717, 1.165) is 0 Å². The Bertz CT molecular complexity index is 414. The van der Waals surface area contributed by atoms with Gasteiger partial charge >= 0.3 is 0 Å². The molecule has 1 aromatic carbocycles. The van der Waals surface area contributed by atoms with E-state index in [1.807, 2.05) is 20.8 Å². The molecule has 0 aromatic heterocycles. The number of hydrogen-bond acceptors (Lipinski definition) is 4. The van der Waals surface area contributed by atoms with Crippen LogP contribution in [0.2, 0.25) is 0 Å². The zero-order chi connectivity index (χ0) is 14.5. The Morgan fingerprint density at radius 3 is 2.53 bits per heavy atom. The Kier molecular flexibility index (Phi) is 5.72. The summed E-state index contributed by atoms with van der Waals surface area (Å²) in [7, 11) is 1.50. The third kappa shape index (κ3) is 3.43. The molecule has 5 heteroatoms. The van der Waals surface area contributed by atoms with Crippen molar-refractivity contribution in [1.29, 1.82) is 0 Å². The molecule has 2 atom stereocenters. The highest BCUT2D eigenvalue weighted by Gasteiger charge is 2.35. The number of rotatable bonds is 7. The number of hydrogen-bond donors (Lipinski definition) is 2. The largest absolute Gasteiger partial charge is 0.497 e. The highest BCUT2D eigenvalue weighted by molar-refractivity contribution is 5.32. The molecule has 2 unspecified atom stereocenters. The van der Waals surface area contributed by atoms with Gasteiger partial charge in [-0.05, 0) is 26.3 Å². The standard InChI is InChI=1S/C14H23FN2O2/c1-5-14(3,19-6-2)13(17-16)11-8-7-10(18-4)9-12(11)15/h7-9,13,17H,5-6,16H2,1-4H3. The van der Waals surface area contributed by atoms with E-state index in [4.69, 9.17) is 15.3 Å². The molecule has 0 amide bonds. The van der Waals surface area contributed by atoms with Gasteiger partial charge in [0, 0.05) is 18.2 Å². The summed E-state index contributed by atoms with van der Waals surface area (Å²) in [5.41, 5.74) is 2.57. The summed E-state index contributed by atoms with van der Waals surface area (Å²) in [5, 5.41) is 0. The molecule has 0 aliphatic carbocycles. The van der Waals surface area contributed by atoms with Crippen molar-refractivity contribution < 1.29 is 13.9 Å². The van der Waals surface area contributed by atoms with E-state index in [1.54, 1.807) is 12.1 Å². The average molecular weight is 270 g/mol. The Balaban J connectivity index is 3.15. The molecule has 0 fully saturated rings. The minimum Gasteiger partial charge on any atom is -0.497 e. The highest BCUT2D eigenvalue weighted by atomic mass is 19.1. The van der Waals surface area contributed by atoms with Crippen LogP contribution >= 0.6 is 0 Å². The van der Waals surface area contributed by atoms with Crippen LogP contribution < -0.4 is 16.0 Å². The first-order valence-corrected chi connectivity index (χ1v) is 6.45. The lowest BCUT2D eigenvalue weighted by Crippen LogP contribution is -2.46. The van der Waals surface area contributed by atoms with Gasteiger partial charge in [0.15, 0.2) is 0 Å². The van der Waals surface area contributed by atoms with Gasteiger partial charge in [0.2, 0.25) is 0 Å². The normalized spacial score (nSPS) is 15.9. The van der Waals surface area contributed by atoms with E-state index in [-0.39, 0.29) is 5.82 Å². The fourth-order valence-electron chi connectivity index (χ4n) is 2.18. The van der Waals surface area contributed by atoms with Gasteiger partial charge in [-0.15, -0.1) is 0 Å². The topological polar surface area (TPSA) is 56.5 Å². The predicted octanol–water partition coefficient (Wildman–Crippen LogP) is 2.54. The van der Waals surface area contributed by atoms with Crippen molar-refractivity contribution in [3.63, 3.8) is 0 Å². The first-order valence-electron chi connectivity index (χ1n) is 6.45. The van der Waals surface area contributed by atoms with Gasteiger partial charge < -0.3 is 9.47 Å². The molecule has 0 aliphatic heterocycles. The zero-order valence-electron chi connectivity index (χ0n) is 12.0. The second-order valence-corrected chi connectivity index (χ2v) is 4.59. The maximum absolute atomic E-state index is 14.2. The Morgan fingerprint density at radius 1 is 1.42 bits per heavy atom. The highest BCUT2D eigenvalue weighted by Crippen LogP contribution is 2.34. The summed E-state index contributed by atoms with van der Waals surface area (Å²) < 4.78 is 24.9. The number of ether oxygens (including phenoxy) is 2. The van der Waals surface area contributed by atoms with E-state index in [2.05, 4.69) is 5.43 Å². The van der Waals surface area contributed by atoms with E-state index in [0.29, 0.717) is 24.3 Å². The summed E-state index contributed by atoms with van der Waals surface area (Å²) in [6.07, 6.45) is 0.709. The minimum absolute atomic E-state index is 0.360. The SMILES string of the molecule is CCOC(C)(CC)C(NN)c1ccc(OC)cc1F. The van der Waals surface area contributed by atoms with E-state index in [1.165, 1.54) is 13.2 Å². The van der Waals surface area contributed by atoms with Crippen LogP contribution in [-0.4, -0.2) is 19.3 Å². The third-order valence-electron chi connectivity index (χ3n) is 3.47. The maximum atomic E-state index is 14.2. The molecule has 19 heavy (non-hydrogen) atoms. The monoisotopic (exact) mass is 270 g/mol. The first-order chi connectivity index (χ1) is 9.02. The number of nitrogens with two attached hydrogens (primary N) is 1. The van der Waals surface area contributed by atoms with Crippen LogP contribution in [0.1, 0.15) is 38.8 Å². The van der Waals surface area contributed by atoms with Crippen LogP contribution in [-0.2, 0) is 4.74 Å². The summed E-state index contributed by atoms with van der Waals surface area (Å²) in [5.74, 6) is 5.73. The molecule has 108 valence electrons. The van der Waals surface area contributed by atoms with Crippen molar-refractivity contribution in [1.82, 2.24) is 5.43 Å². The van der Waals surface area contributed by atoms with Gasteiger partial charge in [-0.25, -0.2) is 9.82 Å². The van der Waals surface area contributed by atoms with Crippen molar-refractivity contribution in [2.75, 3.05) is 13.7 Å². The molecular weight excluding hydrogens is 247 g/mol. The first kappa shape index (κ1) is 15.9. The van der Waals surface area contributed by atoms with Crippen molar-refractivity contribution >= 4 is 0 Å². The summed E-state index contributed by atoms with van der Waals surface area (Å²) in [6.45, 7) is 6.36. The van der Waals surface area contributed by atoms with Crippen LogP contribution in [0.3, 0.4) is 0 Å². The van der Waals surface area contributed by atoms with Crippen LogP contribution in [0.5, 0.6) is 5.75 Å². The van der Waals surface area contributed by atoms with Gasteiger partial charge in [0.1, 0.15) is 11.6 Å². The molecule has 0 aliphatic rings. The van der Waals surface area contributed by atoms with Gasteiger partial charge in [0.05, 0.1) is 18.8 Å². The van der Waals surface area contributed by atoms with Gasteiger partial charge in [-0.1, -0.05) is 13.0 Å². The Labute approximate surface area is 114 Å². The summed E-state index contributed by atoms with van der Waals surface area (Å²) >= 11 is 0. The van der Waals surface area contributed by atoms with Gasteiger partial charge in [-0.3, -0.25) is 5.84 Å². The lowest BCUT2D eigenvalue weighted by atomic mass is 9.87. The maximum Gasteiger partial charge on any atom is 0.131 e. The van der Waals surface area contributed by atoms with Gasteiger partial charge in [0.25, 0.3) is 0 Å². The molecule has 1 rings (SSSR count). The van der Waals surface area contributed by atoms with E-state index in [9.17, 15) is 4.39 Å². The molecular formula is C14H23FN2O2. The number of benzene rings is 1. The van der Waals surface area contributed by atoms with Gasteiger partial charge in [-0.2, -0.15) is 0 Å². The lowest BCUT2D eigenvalue weighted by Gasteiger charge is -2.36. The Hall–Kier alpha value is -1.17. The van der Waals surface area contributed by atoms with Crippen LogP contribution in [0.15, 0.2) is 18.2 Å². The summed E-state index contributed by atoms with van der Waals surface area (Å²) in [4.78, 5) is 0. The van der Waals surface area contributed by atoms with Crippen molar-refractivity contribution in [3.8, 4) is 5.75 Å². The predicted molar refractivity (Wildman–Crippen MR) is 73.3 cm³/mol. The lowest BCUT2D eigenvalue weighted by molar-refractivity contribution is -0.0571. The fourth-order valence-corrected chi connectivity index (χ4v) is 2.18. The molecule has 0 saturated heterocycles. The Morgan fingerprint density at radius 2 is 2.11 bits per heavy atom. The molecule has 0 saturated carbocycles. The molecule has 0 bridgehead atoms. The summed E-state index contributed by atoms with van der Waals surface area (Å²) in [6, 6.07) is 4.31.